The molecule has 1 N–H and O–H groups in total. The van der Waals surface area contributed by atoms with Gasteiger partial charge in [0.2, 0.25) is 0 Å². The summed E-state index contributed by atoms with van der Waals surface area (Å²) in [4.78, 5) is 41.5. The van der Waals surface area contributed by atoms with Crippen molar-refractivity contribution in [2.45, 2.75) is 141 Å². The smallest absolute Gasteiger partial charge is 0.438 e. The zero-order valence-corrected chi connectivity index (χ0v) is 27.6. The molecule has 1 aliphatic heterocycles. The molecule has 250 valence electrons. The molecular formula is C30H52N5O8P. The van der Waals surface area contributed by atoms with Crippen LogP contribution in [0.15, 0.2) is 20.9 Å². The first-order valence-corrected chi connectivity index (χ1v) is 17.8. The Morgan fingerprint density at radius 1 is 1.02 bits per heavy atom. The SMILES string of the molecule is CCCCCCCCCCCCCCCCCCOC(=O)P(=O)(OC)OC[C@H]1O[C@@H](n2cc(C)c(=O)[nH]c2=O)C[C@@H]1N=[N+]=[N-]. The number of aryl methyl sites for hydroxylation is 1. The van der Waals surface area contributed by atoms with Gasteiger partial charge < -0.3 is 14.0 Å². The van der Waals surface area contributed by atoms with Crippen LogP contribution in [0.25, 0.3) is 10.4 Å². The van der Waals surface area contributed by atoms with Gasteiger partial charge in [0.25, 0.3) is 5.56 Å². The van der Waals surface area contributed by atoms with E-state index in [0.717, 1.165) is 26.4 Å². The van der Waals surface area contributed by atoms with Crippen LogP contribution in [0.1, 0.15) is 128 Å². The van der Waals surface area contributed by atoms with Crippen molar-refractivity contribution in [1.82, 2.24) is 9.55 Å². The molecule has 4 atom stereocenters. The van der Waals surface area contributed by atoms with E-state index in [1.807, 2.05) is 0 Å². The Hall–Kier alpha value is -2.43. The third kappa shape index (κ3) is 13.3. The molecule has 0 saturated carbocycles. The number of nitrogens with zero attached hydrogens (tertiary/aromatic N) is 4. The summed E-state index contributed by atoms with van der Waals surface area (Å²) in [6.45, 7) is 3.49. The van der Waals surface area contributed by atoms with Crippen molar-refractivity contribution in [2.24, 2.45) is 5.11 Å². The number of H-pyrrole nitrogens is 1. The average Bonchev–Trinajstić information content (AvgIpc) is 3.41. The Morgan fingerprint density at radius 2 is 1.57 bits per heavy atom. The Bertz CT molecular complexity index is 1200. The van der Waals surface area contributed by atoms with Gasteiger partial charge in [-0.2, -0.15) is 0 Å². The van der Waals surface area contributed by atoms with E-state index >= 15 is 0 Å². The lowest BCUT2D eigenvalue weighted by Gasteiger charge is -2.20. The Balaban J connectivity index is 1.63. The highest BCUT2D eigenvalue weighted by atomic mass is 31.2. The van der Waals surface area contributed by atoms with E-state index in [0.29, 0.717) is 12.0 Å². The zero-order valence-electron chi connectivity index (χ0n) is 26.7. The fourth-order valence-corrected chi connectivity index (χ4v) is 6.22. The second kappa shape index (κ2) is 21.3. The van der Waals surface area contributed by atoms with E-state index in [9.17, 15) is 18.9 Å². The summed E-state index contributed by atoms with van der Waals surface area (Å²) in [5.74, 6) is 0. The molecule has 1 aliphatic rings. The van der Waals surface area contributed by atoms with E-state index in [1.165, 1.54) is 94.7 Å². The van der Waals surface area contributed by atoms with E-state index < -0.39 is 49.5 Å². The van der Waals surface area contributed by atoms with Crippen LogP contribution in [0.5, 0.6) is 0 Å². The van der Waals surface area contributed by atoms with Gasteiger partial charge in [-0.25, -0.2) is 14.2 Å². The van der Waals surface area contributed by atoms with E-state index in [4.69, 9.17) is 24.1 Å². The first-order chi connectivity index (χ1) is 21.3. The predicted molar refractivity (Wildman–Crippen MR) is 169 cm³/mol. The van der Waals surface area contributed by atoms with Gasteiger partial charge >= 0.3 is 19.0 Å². The van der Waals surface area contributed by atoms with Crippen LogP contribution in [0, 0.1) is 6.92 Å². The third-order valence-corrected chi connectivity index (χ3v) is 9.50. The summed E-state index contributed by atoms with van der Waals surface area (Å²) < 4.78 is 35.5. The average molecular weight is 642 g/mol. The molecule has 44 heavy (non-hydrogen) atoms. The van der Waals surface area contributed by atoms with Gasteiger partial charge in [-0.15, -0.1) is 0 Å². The fraction of sp³-hybridized carbons (Fsp3) is 0.833. The number of aromatic amines is 1. The van der Waals surface area contributed by atoms with E-state index in [-0.39, 0.29) is 13.0 Å². The molecule has 13 nitrogen and oxygen atoms in total. The second-order valence-electron chi connectivity index (χ2n) is 11.5. The van der Waals surface area contributed by atoms with Crippen molar-refractivity contribution >= 4 is 13.3 Å². The lowest BCUT2D eigenvalue weighted by atomic mass is 10.0. The van der Waals surface area contributed by atoms with Crippen molar-refractivity contribution < 1.29 is 27.9 Å². The minimum atomic E-state index is -4.29. The minimum absolute atomic E-state index is 0.102. The van der Waals surface area contributed by atoms with Crippen LogP contribution >= 0.6 is 7.60 Å². The number of carbonyl (C=O) groups is 1. The van der Waals surface area contributed by atoms with E-state index in [1.54, 1.807) is 0 Å². The lowest BCUT2D eigenvalue weighted by molar-refractivity contribution is -0.0244. The van der Waals surface area contributed by atoms with Crippen molar-refractivity contribution in [3.63, 3.8) is 0 Å². The first kappa shape index (κ1) is 37.8. The van der Waals surface area contributed by atoms with Crippen molar-refractivity contribution in [1.29, 1.82) is 0 Å². The van der Waals surface area contributed by atoms with Crippen LogP contribution in [-0.4, -0.2) is 47.7 Å². The highest BCUT2D eigenvalue weighted by Gasteiger charge is 2.41. The maximum Gasteiger partial charge on any atom is 0.438 e. The van der Waals surface area contributed by atoms with Crippen molar-refractivity contribution in [3.05, 3.63) is 43.0 Å². The number of aromatic nitrogens is 2. The van der Waals surface area contributed by atoms with Gasteiger partial charge in [0.1, 0.15) is 6.23 Å². The molecule has 1 saturated heterocycles. The first-order valence-electron chi connectivity index (χ1n) is 16.2. The van der Waals surface area contributed by atoms with Crippen LogP contribution in [0.3, 0.4) is 0 Å². The molecule has 14 heteroatoms. The van der Waals surface area contributed by atoms with Gasteiger partial charge in [0.05, 0.1) is 25.4 Å². The summed E-state index contributed by atoms with van der Waals surface area (Å²) in [6.07, 6.45) is 19.4. The van der Waals surface area contributed by atoms with Crippen LogP contribution in [0.2, 0.25) is 0 Å². The topological polar surface area (TPSA) is 175 Å². The second-order valence-corrected chi connectivity index (χ2v) is 13.5. The number of nitrogens with one attached hydrogen (secondary N) is 1. The molecule has 2 rings (SSSR count). The summed E-state index contributed by atoms with van der Waals surface area (Å²) >= 11 is 0. The minimum Gasteiger partial charge on any atom is -0.457 e. The molecule has 1 aromatic heterocycles. The van der Waals surface area contributed by atoms with Gasteiger partial charge in [-0.05, 0) is 18.9 Å². The zero-order chi connectivity index (χ0) is 32.2. The lowest BCUT2D eigenvalue weighted by Crippen LogP contribution is -2.33. The highest BCUT2D eigenvalue weighted by Crippen LogP contribution is 2.50. The molecular weight excluding hydrogens is 589 g/mol. The highest BCUT2D eigenvalue weighted by molar-refractivity contribution is 7.71. The summed E-state index contributed by atoms with van der Waals surface area (Å²) in [5.41, 5.74) is 6.96. The summed E-state index contributed by atoms with van der Waals surface area (Å²) in [5, 5.41) is 3.69. The molecule has 0 bridgehead atoms. The number of rotatable bonds is 24. The molecule has 2 heterocycles. The molecule has 0 aliphatic carbocycles. The molecule has 0 spiro atoms. The monoisotopic (exact) mass is 641 g/mol. The number of carbonyl (C=O) groups excluding carboxylic acids is 1. The van der Waals surface area contributed by atoms with Gasteiger partial charge in [-0.1, -0.05) is 108 Å². The van der Waals surface area contributed by atoms with Crippen LogP contribution in [-0.2, 0) is 23.1 Å². The standard InChI is InChI=1S/C30H52N5O8P/c1-4-5-6-7-8-9-10-11-12-13-14-15-16-17-18-19-20-41-30(38)44(39,40-3)42-23-26-25(33-34-31)21-27(43-26)35-22-24(2)28(36)32-29(35)37/h22,25-27H,4-21,23H2,1-3H3,(H,32,36,37)/t25-,26+,27+,44?/m0/s1. The van der Waals surface area contributed by atoms with E-state index in [2.05, 4.69) is 21.9 Å². The van der Waals surface area contributed by atoms with Gasteiger partial charge in [-0.3, -0.25) is 18.9 Å². The summed E-state index contributed by atoms with van der Waals surface area (Å²) in [6, 6.07) is -0.782. The van der Waals surface area contributed by atoms with Crippen molar-refractivity contribution in [2.75, 3.05) is 20.3 Å². The van der Waals surface area contributed by atoms with Crippen LogP contribution < -0.4 is 11.2 Å². The predicted octanol–water partition coefficient (Wildman–Crippen LogP) is 8.07. The Labute approximate surface area is 260 Å². The Kier molecular flexibility index (Phi) is 18.3. The number of unbranched alkanes of at least 4 members (excludes halogenated alkanes) is 15. The number of hydrogen-bond acceptors (Lipinski definition) is 9. The molecule has 1 fully saturated rings. The Morgan fingerprint density at radius 3 is 2.09 bits per heavy atom. The number of ether oxygens (including phenoxy) is 2. The summed E-state index contributed by atoms with van der Waals surface area (Å²) in [7, 11) is -3.20. The van der Waals surface area contributed by atoms with Gasteiger partial charge in [0, 0.05) is 30.2 Å². The normalized spacial score (nSPS) is 19.4. The molecule has 1 unspecified atom stereocenters. The largest absolute Gasteiger partial charge is 0.457 e. The molecule has 0 aromatic carbocycles. The molecule has 0 radical (unpaired) electrons. The maximum atomic E-state index is 13.0. The van der Waals surface area contributed by atoms with Gasteiger partial charge in [0.15, 0.2) is 0 Å². The van der Waals surface area contributed by atoms with Crippen LogP contribution in [0.4, 0.5) is 4.79 Å². The van der Waals surface area contributed by atoms with Crippen molar-refractivity contribution in [3.8, 4) is 0 Å². The number of hydrogen-bond donors (Lipinski definition) is 1. The fourth-order valence-electron chi connectivity index (χ4n) is 5.26. The maximum absolute atomic E-state index is 13.0. The molecule has 1 aromatic rings. The number of azide groups is 1. The quantitative estimate of drug-likeness (QED) is 0.0387. The molecule has 0 amide bonds. The third-order valence-electron chi connectivity index (χ3n) is 7.96.